The van der Waals surface area contributed by atoms with E-state index in [-0.39, 0.29) is 5.56 Å². The number of aromatic carboxylic acids is 1. The number of aromatic nitrogens is 2. The van der Waals surface area contributed by atoms with Gasteiger partial charge < -0.3 is 14.7 Å². The molecule has 2 aromatic carbocycles. The average molecular weight is 365 g/mol. The van der Waals surface area contributed by atoms with Crippen LogP contribution < -0.4 is 10.6 Å². The summed E-state index contributed by atoms with van der Waals surface area (Å²) in [6.45, 7) is 1.85. The Bertz CT molecular complexity index is 976. The highest BCUT2D eigenvalue weighted by Crippen LogP contribution is 2.30. The third-order valence-electron chi connectivity index (χ3n) is 3.99. The highest BCUT2D eigenvalue weighted by molar-refractivity contribution is 5.88. The molecule has 0 spiro atoms. The molecule has 0 atom stereocenters. The zero-order chi connectivity index (χ0) is 19.4. The highest BCUT2D eigenvalue weighted by Gasteiger charge is 2.16. The molecule has 138 valence electrons. The molecule has 0 aliphatic heterocycles. The molecule has 27 heavy (non-hydrogen) atoms. The first-order valence-corrected chi connectivity index (χ1v) is 8.18. The van der Waals surface area contributed by atoms with Gasteiger partial charge in [0.2, 0.25) is 5.88 Å². The largest absolute Gasteiger partial charge is 0.478 e. The quantitative estimate of drug-likeness (QED) is 0.511. The van der Waals surface area contributed by atoms with E-state index in [1.54, 1.807) is 29.9 Å². The first-order valence-electron chi connectivity index (χ1n) is 8.18. The van der Waals surface area contributed by atoms with Crippen LogP contribution in [0.4, 0.5) is 0 Å². The van der Waals surface area contributed by atoms with Crippen LogP contribution in [0.3, 0.4) is 0 Å². The van der Waals surface area contributed by atoms with Gasteiger partial charge in [-0.1, -0.05) is 30.3 Å². The molecule has 0 aliphatic rings. The lowest BCUT2D eigenvalue weighted by Gasteiger charge is -2.09. The molecule has 1 heterocycles. The molecular weight excluding hydrogens is 346 g/mol. The standard InChI is InChI=1S/C20H19N3O4/c1-13-17(19(23(2)22-13)26-16-6-4-3-5-7-16)12-18(27-21)14-8-10-15(11-9-14)20(24)25/h3-12H,21H2,1-2H3,(H,24,25). The number of nitrogens with zero attached hydrogens (tertiary/aromatic N) is 2. The monoisotopic (exact) mass is 365 g/mol. The van der Waals surface area contributed by atoms with Gasteiger partial charge in [-0.15, -0.1) is 0 Å². The van der Waals surface area contributed by atoms with Gasteiger partial charge in [0.1, 0.15) is 5.75 Å². The van der Waals surface area contributed by atoms with E-state index < -0.39 is 5.97 Å². The van der Waals surface area contributed by atoms with E-state index in [1.165, 1.54) is 12.1 Å². The van der Waals surface area contributed by atoms with E-state index in [2.05, 4.69) is 5.10 Å². The SMILES string of the molecule is Cc1nn(C)c(Oc2ccccc2)c1C=C(ON)c1ccc(C(=O)O)cc1. The number of hydrogen-bond acceptors (Lipinski definition) is 5. The summed E-state index contributed by atoms with van der Waals surface area (Å²) in [5.74, 6) is 6.04. The first kappa shape index (κ1) is 18.2. The van der Waals surface area contributed by atoms with Crippen molar-refractivity contribution in [3.8, 4) is 11.6 Å². The topological polar surface area (TPSA) is 99.6 Å². The van der Waals surface area contributed by atoms with Crippen molar-refractivity contribution in [2.75, 3.05) is 0 Å². The van der Waals surface area contributed by atoms with Gasteiger partial charge in [-0.25, -0.2) is 9.48 Å². The Morgan fingerprint density at radius 1 is 1.11 bits per heavy atom. The lowest BCUT2D eigenvalue weighted by atomic mass is 10.1. The molecule has 0 radical (unpaired) electrons. The third-order valence-corrected chi connectivity index (χ3v) is 3.99. The number of aryl methyl sites for hydroxylation is 2. The lowest BCUT2D eigenvalue weighted by Crippen LogP contribution is -2.01. The predicted octanol–water partition coefficient (Wildman–Crippen LogP) is 3.61. The zero-order valence-corrected chi connectivity index (χ0v) is 14.9. The summed E-state index contributed by atoms with van der Waals surface area (Å²) in [5.41, 5.74) is 2.27. The van der Waals surface area contributed by atoms with Gasteiger partial charge in [-0.3, -0.25) is 0 Å². The van der Waals surface area contributed by atoms with Gasteiger partial charge in [-0.05, 0) is 37.3 Å². The molecule has 1 aromatic heterocycles. The fourth-order valence-electron chi connectivity index (χ4n) is 2.63. The van der Waals surface area contributed by atoms with Crippen molar-refractivity contribution in [2.45, 2.75) is 6.92 Å². The van der Waals surface area contributed by atoms with Crippen LogP contribution in [0.5, 0.6) is 11.6 Å². The second-order valence-corrected chi connectivity index (χ2v) is 5.85. The van der Waals surface area contributed by atoms with Crippen LogP contribution in [0.25, 0.3) is 11.8 Å². The van der Waals surface area contributed by atoms with Crippen LogP contribution in [0.1, 0.15) is 27.2 Å². The number of nitrogens with two attached hydrogens (primary N) is 1. The number of hydrogen-bond donors (Lipinski definition) is 2. The van der Waals surface area contributed by atoms with Gasteiger partial charge in [0, 0.05) is 12.6 Å². The maximum absolute atomic E-state index is 11.0. The number of carbonyl (C=O) groups is 1. The van der Waals surface area contributed by atoms with Gasteiger partial charge >= 0.3 is 5.97 Å². The van der Waals surface area contributed by atoms with Crippen molar-refractivity contribution in [3.05, 3.63) is 77.0 Å². The smallest absolute Gasteiger partial charge is 0.335 e. The Balaban J connectivity index is 2.00. The minimum atomic E-state index is -0.998. The Hall–Kier alpha value is -3.58. The Morgan fingerprint density at radius 2 is 1.74 bits per heavy atom. The van der Waals surface area contributed by atoms with Crippen LogP contribution in [0.15, 0.2) is 54.6 Å². The molecule has 0 saturated carbocycles. The molecule has 0 aliphatic carbocycles. The first-order chi connectivity index (χ1) is 13.0. The van der Waals surface area contributed by atoms with Crippen molar-refractivity contribution < 1.29 is 19.5 Å². The normalized spacial score (nSPS) is 11.3. The van der Waals surface area contributed by atoms with Crippen LogP contribution >= 0.6 is 0 Å². The maximum atomic E-state index is 11.0. The Morgan fingerprint density at radius 3 is 2.33 bits per heavy atom. The van der Waals surface area contributed by atoms with Gasteiger partial charge in [0.05, 0.1) is 16.8 Å². The van der Waals surface area contributed by atoms with E-state index in [4.69, 9.17) is 20.6 Å². The van der Waals surface area contributed by atoms with E-state index >= 15 is 0 Å². The van der Waals surface area contributed by atoms with Crippen molar-refractivity contribution >= 4 is 17.8 Å². The minimum Gasteiger partial charge on any atom is -0.478 e. The van der Waals surface area contributed by atoms with E-state index in [0.29, 0.717) is 28.5 Å². The summed E-state index contributed by atoms with van der Waals surface area (Å²) in [6.07, 6.45) is 1.72. The second kappa shape index (κ2) is 7.76. The van der Waals surface area contributed by atoms with Crippen LogP contribution in [-0.4, -0.2) is 20.9 Å². The predicted molar refractivity (Wildman–Crippen MR) is 101 cm³/mol. The van der Waals surface area contributed by atoms with Crippen molar-refractivity contribution in [1.82, 2.24) is 9.78 Å². The van der Waals surface area contributed by atoms with E-state index in [1.807, 2.05) is 37.3 Å². The fourth-order valence-corrected chi connectivity index (χ4v) is 2.63. The number of ether oxygens (including phenoxy) is 1. The second-order valence-electron chi connectivity index (χ2n) is 5.85. The van der Waals surface area contributed by atoms with Crippen LogP contribution in [0.2, 0.25) is 0 Å². The molecule has 3 aromatic rings. The average Bonchev–Trinajstić information content (AvgIpc) is 2.93. The molecule has 0 saturated heterocycles. The lowest BCUT2D eigenvalue weighted by molar-refractivity contribution is 0.0697. The number of benzene rings is 2. The summed E-state index contributed by atoms with van der Waals surface area (Å²) in [5, 5.41) is 13.4. The molecular formula is C20H19N3O4. The maximum Gasteiger partial charge on any atom is 0.335 e. The summed E-state index contributed by atoms with van der Waals surface area (Å²) in [7, 11) is 1.78. The Labute approximate surface area is 156 Å². The molecule has 7 heteroatoms. The van der Waals surface area contributed by atoms with Gasteiger partial charge in [0.15, 0.2) is 5.76 Å². The van der Waals surface area contributed by atoms with Crippen molar-refractivity contribution in [1.29, 1.82) is 0 Å². The minimum absolute atomic E-state index is 0.181. The third kappa shape index (κ3) is 3.99. The van der Waals surface area contributed by atoms with Crippen molar-refractivity contribution in [2.24, 2.45) is 12.9 Å². The Kier molecular flexibility index (Phi) is 5.23. The molecule has 3 N–H and O–H groups in total. The summed E-state index contributed by atoms with van der Waals surface area (Å²) in [6, 6.07) is 15.6. The molecule has 0 amide bonds. The highest BCUT2D eigenvalue weighted by atomic mass is 16.6. The number of carboxylic acid groups (broad SMARTS) is 1. The summed E-state index contributed by atoms with van der Waals surface area (Å²) in [4.78, 5) is 16.0. The van der Waals surface area contributed by atoms with Crippen LogP contribution in [0, 0.1) is 6.92 Å². The number of carboxylic acids is 1. The summed E-state index contributed by atoms with van der Waals surface area (Å²) >= 11 is 0. The van der Waals surface area contributed by atoms with Gasteiger partial charge in [-0.2, -0.15) is 11.0 Å². The zero-order valence-electron chi connectivity index (χ0n) is 14.9. The van der Waals surface area contributed by atoms with E-state index in [0.717, 1.165) is 5.69 Å². The van der Waals surface area contributed by atoms with E-state index in [9.17, 15) is 4.79 Å². The fraction of sp³-hybridized carbons (Fsp3) is 0.100. The number of rotatable bonds is 6. The molecule has 3 rings (SSSR count). The molecule has 0 bridgehead atoms. The van der Waals surface area contributed by atoms with Crippen molar-refractivity contribution in [3.63, 3.8) is 0 Å². The molecule has 7 nitrogen and oxygen atoms in total. The van der Waals surface area contributed by atoms with Crippen LogP contribution in [-0.2, 0) is 11.9 Å². The molecule has 0 unspecified atom stereocenters. The summed E-state index contributed by atoms with van der Waals surface area (Å²) < 4.78 is 7.61. The van der Waals surface area contributed by atoms with Gasteiger partial charge in [0.25, 0.3) is 0 Å². The molecule has 0 fully saturated rings. The number of para-hydroxylation sites is 1.